The molecule has 2 N–H and O–H groups in total. The van der Waals surface area contributed by atoms with Crippen LogP contribution < -0.4 is 5.32 Å². The van der Waals surface area contributed by atoms with Gasteiger partial charge in [-0.3, -0.25) is 10.1 Å². The van der Waals surface area contributed by atoms with Crippen LogP contribution in [-0.4, -0.2) is 47.7 Å². The minimum atomic E-state index is -0.653. The molecule has 0 aromatic heterocycles. The lowest BCUT2D eigenvalue weighted by Gasteiger charge is -2.21. The maximum Gasteiger partial charge on any atom is 0.269 e. The minimum Gasteiger partial charge on any atom is -0.387 e. The lowest BCUT2D eigenvalue weighted by Crippen LogP contribution is -2.35. The van der Waals surface area contributed by atoms with Gasteiger partial charge in [-0.1, -0.05) is 0 Å². The number of nitro benzene ring substituents is 1. The first-order valence-electron chi connectivity index (χ1n) is 6.75. The van der Waals surface area contributed by atoms with Gasteiger partial charge in [0.1, 0.15) is 0 Å². The van der Waals surface area contributed by atoms with E-state index in [1.807, 2.05) is 0 Å². The molecule has 0 bridgehead atoms. The van der Waals surface area contributed by atoms with E-state index in [0.29, 0.717) is 18.2 Å². The molecule has 1 aromatic carbocycles. The van der Waals surface area contributed by atoms with Crippen LogP contribution in [0.2, 0.25) is 0 Å². The molecule has 6 nitrogen and oxygen atoms in total. The summed E-state index contributed by atoms with van der Waals surface area (Å²) in [7, 11) is 2.05. The smallest absolute Gasteiger partial charge is 0.269 e. The fourth-order valence-electron chi connectivity index (χ4n) is 1.69. The van der Waals surface area contributed by atoms with Gasteiger partial charge in [0.2, 0.25) is 0 Å². The van der Waals surface area contributed by atoms with Gasteiger partial charge >= 0.3 is 0 Å². The van der Waals surface area contributed by atoms with Gasteiger partial charge in [0.25, 0.3) is 5.69 Å². The van der Waals surface area contributed by atoms with Gasteiger partial charge < -0.3 is 15.3 Å². The van der Waals surface area contributed by atoms with Crippen LogP contribution in [-0.2, 0) is 0 Å². The second kappa shape index (κ2) is 7.94. The Morgan fingerprint density at radius 2 is 1.95 bits per heavy atom. The first-order valence-corrected chi connectivity index (χ1v) is 6.75. The Labute approximate surface area is 119 Å². The summed E-state index contributed by atoms with van der Waals surface area (Å²) in [5.74, 6) is 0. The monoisotopic (exact) mass is 281 g/mol. The van der Waals surface area contributed by atoms with Crippen LogP contribution in [0.25, 0.3) is 0 Å². The topological polar surface area (TPSA) is 78.6 Å². The molecule has 0 heterocycles. The highest BCUT2D eigenvalue weighted by Crippen LogP contribution is 2.17. The highest BCUT2D eigenvalue weighted by Gasteiger charge is 2.10. The molecule has 1 aromatic rings. The zero-order valence-electron chi connectivity index (χ0n) is 12.2. The molecule has 0 fully saturated rings. The van der Waals surface area contributed by atoms with Crippen molar-refractivity contribution >= 4 is 5.69 Å². The van der Waals surface area contributed by atoms with E-state index in [-0.39, 0.29) is 5.69 Å². The van der Waals surface area contributed by atoms with E-state index in [1.54, 1.807) is 12.1 Å². The first kappa shape index (κ1) is 16.6. The van der Waals surface area contributed by atoms with Crippen LogP contribution in [0.1, 0.15) is 25.5 Å². The highest BCUT2D eigenvalue weighted by atomic mass is 16.6. The number of nitrogens with one attached hydrogen (secondary N) is 1. The largest absolute Gasteiger partial charge is 0.387 e. The normalized spacial score (nSPS) is 12.9. The molecule has 0 aliphatic heterocycles. The molecule has 112 valence electrons. The van der Waals surface area contributed by atoms with Gasteiger partial charge in [0, 0.05) is 37.8 Å². The SMILES string of the molecule is CC(C)N(C)CCNCC(O)c1ccc([N+](=O)[O-])cc1. The third-order valence-electron chi connectivity index (χ3n) is 3.35. The summed E-state index contributed by atoms with van der Waals surface area (Å²) >= 11 is 0. The van der Waals surface area contributed by atoms with Gasteiger partial charge in [0.05, 0.1) is 11.0 Å². The van der Waals surface area contributed by atoms with Crippen LogP contribution in [0.5, 0.6) is 0 Å². The Kier molecular flexibility index (Phi) is 6.57. The number of likely N-dealkylation sites (N-methyl/N-ethyl adjacent to an activating group) is 1. The maximum absolute atomic E-state index is 10.5. The lowest BCUT2D eigenvalue weighted by molar-refractivity contribution is -0.384. The summed E-state index contributed by atoms with van der Waals surface area (Å²) in [6.45, 7) is 6.39. The standard InChI is InChI=1S/C14H23N3O3/c1-11(2)16(3)9-8-15-10-14(18)12-4-6-13(7-5-12)17(19)20/h4-7,11,14-15,18H,8-10H2,1-3H3. The number of non-ortho nitro benzene ring substituents is 1. The summed E-state index contributed by atoms with van der Waals surface area (Å²) < 4.78 is 0. The molecule has 1 unspecified atom stereocenters. The van der Waals surface area contributed by atoms with E-state index in [9.17, 15) is 15.2 Å². The van der Waals surface area contributed by atoms with Crippen LogP contribution in [0.3, 0.4) is 0 Å². The van der Waals surface area contributed by atoms with Gasteiger partial charge in [-0.15, -0.1) is 0 Å². The van der Waals surface area contributed by atoms with E-state index in [1.165, 1.54) is 12.1 Å². The van der Waals surface area contributed by atoms with Crippen molar-refractivity contribution in [3.8, 4) is 0 Å². The first-order chi connectivity index (χ1) is 9.41. The molecule has 0 saturated heterocycles. The second-order valence-electron chi connectivity index (χ2n) is 5.14. The Hall–Kier alpha value is -1.50. The summed E-state index contributed by atoms with van der Waals surface area (Å²) in [4.78, 5) is 12.3. The number of hydrogen-bond donors (Lipinski definition) is 2. The average molecular weight is 281 g/mol. The minimum absolute atomic E-state index is 0.0347. The third-order valence-corrected chi connectivity index (χ3v) is 3.35. The highest BCUT2D eigenvalue weighted by molar-refractivity contribution is 5.33. The van der Waals surface area contributed by atoms with Gasteiger partial charge in [-0.2, -0.15) is 0 Å². The van der Waals surface area contributed by atoms with Gasteiger partial charge in [0.15, 0.2) is 0 Å². The zero-order valence-corrected chi connectivity index (χ0v) is 12.2. The molecule has 0 radical (unpaired) electrons. The fraction of sp³-hybridized carbons (Fsp3) is 0.571. The lowest BCUT2D eigenvalue weighted by atomic mass is 10.1. The van der Waals surface area contributed by atoms with E-state index in [4.69, 9.17) is 0 Å². The molecule has 0 amide bonds. The van der Waals surface area contributed by atoms with E-state index < -0.39 is 11.0 Å². The maximum atomic E-state index is 10.5. The van der Waals surface area contributed by atoms with Gasteiger partial charge in [-0.25, -0.2) is 0 Å². The van der Waals surface area contributed by atoms with Gasteiger partial charge in [-0.05, 0) is 38.6 Å². The molecule has 0 saturated carbocycles. The molecule has 6 heteroatoms. The predicted octanol–water partition coefficient (Wildman–Crippen LogP) is 1.56. The van der Waals surface area contributed by atoms with Crippen molar-refractivity contribution in [2.75, 3.05) is 26.7 Å². The molecule has 1 atom stereocenters. The van der Waals surface area contributed by atoms with Crippen molar-refractivity contribution in [1.82, 2.24) is 10.2 Å². The molecular weight excluding hydrogens is 258 g/mol. The van der Waals surface area contributed by atoms with Crippen molar-refractivity contribution in [3.63, 3.8) is 0 Å². The summed E-state index contributed by atoms with van der Waals surface area (Å²) in [6, 6.07) is 6.49. The van der Waals surface area contributed by atoms with E-state index in [2.05, 4.69) is 31.1 Å². The van der Waals surface area contributed by atoms with Crippen molar-refractivity contribution < 1.29 is 10.0 Å². The number of aliphatic hydroxyl groups is 1. The molecular formula is C14H23N3O3. The predicted molar refractivity (Wildman–Crippen MR) is 78.7 cm³/mol. The fourth-order valence-corrected chi connectivity index (χ4v) is 1.69. The summed E-state index contributed by atoms with van der Waals surface area (Å²) in [5.41, 5.74) is 0.716. The number of nitrogens with zero attached hydrogens (tertiary/aromatic N) is 2. The Morgan fingerprint density at radius 3 is 2.45 bits per heavy atom. The van der Waals surface area contributed by atoms with Crippen molar-refractivity contribution in [2.45, 2.75) is 26.0 Å². The van der Waals surface area contributed by atoms with Crippen molar-refractivity contribution in [1.29, 1.82) is 0 Å². The zero-order chi connectivity index (χ0) is 15.1. The number of hydrogen-bond acceptors (Lipinski definition) is 5. The van der Waals surface area contributed by atoms with Crippen LogP contribution in [0, 0.1) is 10.1 Å². The summed E-state index contributed by atoms with van der Waals surface area (Å²) in [6.07, 6.45) is -0.653. The quantitative estimate of drug-likeness (QED) is 0.429. The number of nitro groups is 1. The molecule has 0 aliphatic rings. The Balaban J connectivity index is 2.35. The molecule has 0 aliphatic carbocycles. The van der Waals surface area contributed by atoms with Crippen molar-refractivity contribution in [2.24, 2.45) is 0 Å². The average Bonchev–Trinajstić information content (AvgIpc) is 2.43. The van der Waals surface area contributed by atoms with Crippen LogP contribution in [0.15, 0.2) is 24.3 Å². The van der Waals surface area contributed by atoms with Crippen molar-refractivity contribution in [3.05, 3.63) is 39.9 Å². The molecule has 20 heavy (non-hydrogen) atoms. The second-order valence-corrected chi connectivity index (χ2v) is 5.14. The number of aliphatic hydroxyl groups excluding tert-OH is 1. The third kappa shape index (κ3) is 5.24. The summed E-state index contributed by atoms with van der Waals surface area (Å²) in [5, 5.41) is 23.7. The molecule has 1 rings (SSSR count). The van der Waals surface area contributed by atoms with E-state index >= 15 is 0 Å². The van der Waals surface area contributed by atoms with Crippen LogP contribution >= 0.6 is 0 Å². The molecule has 0 spiro atoms. The Bertz CT molecular complexity index is 420. The number of rotatable bonds is 8. The Morgan fingerprint density at radius 1 is 1.35 bits per heavy atom. The number of benzene rings is 1. The van der Waals surface area contributed by atoms with E-state index in [0.717, 1.165) is 13.1 Å². The van der Waals surface area contributed by atoms with Crippen LogP contribution in [0.4, 0.5) is 5.69 Å².